The summed E-state index contributed by atoms with van der Waals surface area (Å²) in [5, 5.41) is 0. The van der Waals surface area contributed by atoms with Gasteiger partial charge in [0.05, 0.1) is 12.5 Å². The third-order valence-electron chi connectivity index (χ3n) is 0.425. The smallest absolute Gasteiger partial charge is 0.0902 e. The maximum atomic E-state index is 9.75. The number of hydrogen-bond donors (Lipinski definition) is 0. The summed E-state index contributed by atoms with van der Waals surface area (Å²) in [6.07, 6.45) is 3.25. The van der Waals surface area contributed by atoms with E-state index in [4.69, 9.17) is 0 Å². The Labute approximate surface area is 160 Å². The zero-order valence-electron chi connectivity index (χ0n) is 8.99. The molecule has 1 heterocycles. The number of hydrogen-bond acceptors (Lipinski definition) is 1. The first-order chi connectivity index (χ1) is 8.50. The van der Waals surface area contributed by atoms with Crippen LogP contribution in [0.2, 0.25) is 0 Å². The molecule has 0 saturated carbocycles. The second-order valence-corrected chi connectivity index (χ2v) is 2.28. The molecule has 0 aliphatic heterocycles. The van der Waals surface area contributed by atoms with E-state index in [0.29, 0.717) is 0 Å². The zero-order chi connectivity index (χ0) is 17.0. The third kappa shape index (κ3) is 271. The molecule has 132 valence electrons. The van der Waals surface area contributed by atoms with Crippen molar-refractivity contribution in [1.82, 2.24) is 0 Å². The molecule has 0 aliphatic carbocycles. The van der Waals surface area contributed by atoms with E-state index in [-0.39, 0.29) is 58.8 Å². The van der Waals surface area contributed by atoms with Crippen molar-refractivity contribution in [2.24, 2.45) is 0 Å². The summed E-state index contributed by atoms with van der Waals surface area (Å²) in [7, 11) is -18.0. The Morgan fingerprint density at radius 1 is 0.500 bits per heavy atom. The molecule has 1 aromatic heterocycles. The van der Waals surface area contributed by atoms with Crippen molar-refractivity contribution in [3.8, 4) is 0 Å². The van der Waals surface area contributed by atoms with Crippen molar-refractivity contribution < 1.29 is 56.2 Å². The Morgan fingerprint density at radius 3 is 0.682 bits per heavy atom. The van der Waals surface area contributed by atoms with Crippen LogP contribution in [0, 0.1) is 0 Å². The van der Waals surface area contributed by atoms with Gasteiger partial charge in [-0.05, 0) is 12.1 Å². The first kappa shape index (κ1) is 33.8. The standard InChI is InChI=1S/C4H4O.CH4.3BF4.K.H/c1-2-4-5-3-1;;3*2-1(3,4)5;;/h1-4H;1H4;;;;;/q;;3*-1;;. The minimum absolute atomic E-state index is 0. The van der Waals surface area contributed by atoms with Crippen molar-refractivity contribution in [2.75, 3.05) is 0 Å². The van der Waals surface area contributed by atoms with E-state index < -0.39 is 21.8 Å². The first-order valence-electron chi connectivity index (χ1n) is 4.09. The number of halogens is 12. The molecule has 0 spiro atoms. The van der Waals surface area contributed by atoms with E-state index >= 15 is 0 Å². The monoisotopic (exact) mass is 385 g/mol. The fraction of sp³-hybridized carbons (Fsp3) is 0.200. The summed E-state index contributed by atoms with van der Waals surface area (Å²) in [5.74, 6) is 0. The Balaban J connectivity index is -0.0000000567. The number of furan rings is 1. The van der Waals surface area contributed by atoms with Gasteiger partial charge in [0.25, 0.3) is 0 Å². The van der Waals surface area contributed by atoms with Crippen LogP contribution in [0.25, 0.3) is 0 Å². The van der Waals surface area contributed by atoms with E-state index in [1.54, 1.807) is 12.5 Å². The summed E-state index contributed by atoms with van der Waals surface area (Å²) in [4.78, 5) is 0. The third-order valence-corrected chi connectivity index (χ3v) is 0.425. The van der Waals surface area contributed by atoms with Gasteiger partial charge in [0.2, 0.25) is 0 Å². The Morgan fingerprint density at radius 2 is 0.636 bits per heavy atom. The predicted octanol–water partition coefficient (Wildman–Crippen LogP) is 5.17. The second kappa shape index (κ2) is 16.1. The van der Waals surface area contributed by atoms with Gasteiger partial charge in [-0.2, -0.15) is 0 Å². The molecule has 0 radical (unpaired) electrons. The molecule has 0 aromatic carbocycles. The Bertz CT molecular complexity index is 231. The van der Waals surface area contributed by atoms with Crippen LogP contribution in [0.3, 0.4) is 0 Å². The summed E-state index contributed by atoms with van der Waals surface area (Å²) < 4.78 is 122. The first-order valence-corrected chi connectivity index (χ1v) is 4.09. The van der Waals surface area contributed by atoms with Crippen molar-refractivity contribution in [3.63, 3.8) is 0 Å². The van der Waals surface area contributed by atoms with Crippen LogP contribution in [-0.4, -0.2) is 73.1 Å². The molecule has 0 atom stereocenters. The molecule has 0 aliphatic rings. The SMILES string of the molecule is C.F[B-](F)(F)F.F[B-](F)(F)F.F[B-](F)(F)F.[KH].c1ccoc1. The van der Waals surface area contributed by atoms with Crippen molar-refractivity contribution >= 4 is 73.1 Å². The number of rotatable bonds is 0. The quantitative estimate of drug-likeness (QED) is 0.444. The van der Waals surface area contributed by atoms with Gasteiger partial charge in [-0.25, -0.2) is 0 Å². The Kier molecular flexibility index (Phi) is 24.8. The van der Waals surface area contributed by atoms with Gasteiger partial charge in [-0.15, -0.1) is 0 Å². The van der Waals surface area contributed by atoms with Gasteiger partial charge in [-0.3, -0.25) is 0 Å². The average Bonchev–Trinajstić information content (AvgIpc) is 2.45. The molecule has 0 unspecified atom stereocenters. The zero-order valence-corrected chi connectivity index (χ0v) is 8.99. The van der Waals surface area contributed by atoms with Crippen LogP contribution in [0.4, 0.5) is 51.8 Å². The van der Waals surface area contributed by atoms with Crippen molar-refractivity contribution in [3.05, 3.63) is 24.7 Å². The normalized spacial score (nSPS) is 10.0. The van der Waals surface area contributed by atoms with Crippen molar-refractivity contribution in [2.45, 2.75) is 7.43 Å². The molecule has 1 aromatic rings. The van der Waals surface area contributed by atoms with Gasteiger partial charge >= 0.3 is 73.1 Å². The van der Waals surface area contributed by atoms with E-state index in [1.165, 1.54) is 0 Å². The van der Waals surface area contributed by atoms with Crippen LogP contribution in [0.15, 0.2) is 29.1 Å². The average molecular weight is 385 g/mol. The van der Waals surface area contributed by atoms with E-state index in [1.807, 2.05) is 12.1 Å². The molecule has 0 saturated heterocycles. The van der Waals surface area contributed by atoms with Crippen LogP contribution in [0.1, 0.15) is 7.43 Å². The van der Waals surface area contributed by atoms with Crippen LogP contribution in [0.5, 0.6) is 0 Å². The van der Waals surface area contributed by atoms with E-state index in [9.17, 15) is 51.8 Å². The minimum atomic E-state index is -6.00. The van der Waals surface area contributed by atoms with Crippen LogP contribution < -0.4 is 0 Å². The van der Waals surface area contributed by atoms with Gasteiger partial charge < -0.3 is 56.2 Å². The van der Waals surface area contributed by atoms with E-state index in [2.05, 4.69) is 4.42 Å². The summed E-state index contributed by atoms with van der Waals surface area (Å²) in [6, 6.07) is 3.67. The van der Waals surface area contributed by atoms with Crippen LogP contribution in [-0.2, 0) is 0 Å². The summed E-state index contributed by atoms with van der Waals surface area (Å²) in [6.45, 7) is 0. The molecule has 17 heteroatoms. The van der Waals surface area contributed by atoms with Gasteiger partial charge in [-0.1, -0.05) is 7.43 Å². The molecule has 0 bridgehead atoms. The molecule has 0 fully saturated rings. The summed E-state index contributed by atoms with van der Waals surface area (Å²) >= 11 is 0. The van der Waals surface area contributed by atoms with Gasteiger partial charge in [0.1, 0.15) is 0 Å². The fourth-order valence-electron chi connectivity index (χ4n) is 0.227. The predicted molar refractivity (Wildman–Crippen MR) is 63.1 cm³/mol. The summed E-state index contributed by atoms with van der Waals surface area (Å²) in [5.41, 5.74) is 0. The molecule has 22 heavy (non-hydrogen) atoms. The molecule has 0 amide bonds. The maximum absolute atomic E-state index is 9.75. The molecular formula is C5H9B3F12KO-3. The van der Waals surface area contributed by atoms with Crippen molar-refractivity contribution in [1.29, 1.82) is 0 Å². The molecule has 1 nitrogen and oxygen atoms in total. The Hall–Kier alpha value is 0.271. The topological polar surface area (TPSA) is 13.1 Å². The molecule has 0 N–H and O–H groups in total. The second-order valence-electron chi connectivity index (χ2n) is 2.28. The maximum Gasteiger partial charge on any atom is 0.0902 e. The van der Waals surface area contributed by atoms with Crippen LogP contribution >= 0.6 is 0 Å². The largest absolute Gasteiger partial charge is 0.473 e. The minimum Gasteiger partial charge on any atom is -0.473 e. The van der Waals surface area contributed by atoms with Gasteiger partial charge in [0, 0.05) is 0 Å². The fourth-order valence-corrected chi connectivity index (χ4v) is 0.227. The molecular weight excluding hydrogens is 376 g/mol. The molecule has 1 rings (SSSR count). The van der Waals surface area contributed by atoms with Gasteiger partial charge in [0.15, 0.2) is 0 Å². The van der Waals surface area contributed by atoms with E-state index in [0.717, 1.165) is 0 Å².